The van der Waals surface area contributed by atoms with Crippen molar-refractivity contribution < 1.29 is 14.7 Å². The van der Waals surface area contributed by atoms with Crippen molar-refractivity contribution in [3.63, 3.8) is 0 Å². The number of urea groups is 1. The number of halogens is 1. The third kappa shape index (κ3) is 5.21. The minimum absolute atomic E-state index is 0.425. The zero-order valence-electron chi connectivity index (χ0n) is 11.6. The molecule has 5 nitrogen and oxygen atoms in total. The molecule has 1 aromatic rings. The number of carbonyl (C=O) groups is 2. The Kier molecular flexibility index (Phi) is 6.51. The van der Waals surface area contributed by atoms with Crippen LogP contribution in [-0.4, -0.2) is 23.1 Å². The van der Waals surface area contributed by atoms with Crippen molar-refractivity contribution in [3.8, 4) is 0 Å². The molecule has 1 unspecified atom stereocenters. The molecule has 0 saturated carbocycles. The Morgan fingerprint density at radius 3 is 2.70 bits per heavy atom. The van der Waals surface area contributed by atoms with Crippen LogP contribution in [-0.2, 0) is 4.79 Å². The molecule has 0 radical (unpaired) electrons. The minimum atomic E-state index is -1.02. The standard InChI is InChI=1S/C14H19BrN2O3/c1-3-4-5-11(13(18)19)16-14(20)17-12-8-9(2)6-7-10(12)15/h6-8,11H,3-5H2,1-2H3,(H,18,19)(H2,16,17,20). The van der Waals surface area contributed by atoms with E-state index in [4.69, 9.17) is 5.11 Å². The van der Waals surface area contributed by atoms with E-state index in [0.717, 1.165) is 22.9 Å². The van der Waals surface area contributed by atoms with Crippen LogP contribution < -0.4 is 10.6 Å². The number of amides is 2. The first kappa shape index (κ1) is 16.5. The SMILES string of the molecule is CCCCC(NC(=O)Nc1cc(C)ccc1Br)C(=O)O. The predicted octanol–water partition coefficient (Wildman–Crippen LogP) is 3.52. The maximum Gasteiger partial charge on any atom is 0.326 e. The second kappa shape index (κ2) is 7.89. The van der Waals surface area contributed by atoms with Crippen molar-refractivity contribution in [2.24, 2.45) is 0 Å². The summed E-state index contributed by atoms with van der Waals surface area (Å²) in [5.74, 6) is -1.02. The van der Waals surface area contributed by atoms with Crippen LogP contribution in [0.5, 0.6) is 0 Å². The van der Waals surface area contributed by atoms with Gasteiger partial charge in [0.05, 0.1) is 5.69 Å². The zero-order chi connectivity index (χ0) is 15.1. The summed E-state index contributed by atoms with van der Waals surface area (Å²) in [6.45, 7) is 3.89. The van der Waals surface area contributed by atoms with E-state index in [1.165, 1.54) is 0 Å². The summed E-state index contributed by atoms with van der Waals surface area (Å²) < 4.78 is 0.749. The molecule has 0 heterocycles. The first-order valence-corrected chi connectivity index (χ1v) is 7.29. The van der Waals surface area contributed by atoms with Gasteiger partial charge in [-0.25, -0.2) is 9.59 Å². The lowest BCUT2D eigenvalue weighted by atomic mass is 10.1. The molecule has 0 aliphatic heterocycles. The van der Waals surface area contributed by atoms with Crippen LogP contribution in [0.1, 0.15) is 31.7 Å². The van der Waals surface area contributed by atoms with Crippen molar-refractivity contribution >= 4 is 33.6 Å². The first-order chi connectivity index (χ1) is 9.43. The summed E-state index contributed by atoms with van der Waals surface area (Å²) in [4.78, 5) is 22.9. The number of carboxylic acid groups (broad SMARTS) is 1. The average molecular weight is 343 g/mol. The van der Waals surface area contributed by atoms with Crippen molar-refractivity contribution in [1.29, 1.82) is 0 Å². The van der Waals surface area contributed by atoms with Gasteiger partial charge >= 0.3 is 12.0 Å². The van der Waals surface area contributed by atoms with Crippen LogP contribution in [0.15, 0.2) is 22.7 Å². The molecule has 1 aromatic carbocycles. The molecule has 0 aliphatic carbocycles. The zero-order valence-corrected chi connectivity index (χ0v) is 13.2. The molecule has 0 aliphatic rings. The molecular formula is C14H19BrN2O3. The molecule has 6 heteroatoms. The van der Waals surface area contributed by atoms with Gasteiger partial charge in [0.25, 0.3) is 0 Å². The lowest BCUT2D eigenvalue weighted by Gasteiger charge is -2.15. The summed E-state index contributed by atoms with van der Waals surface area (Å²) in [7, 11) is 0. The second-order valence-electron chi connectivity index (χ2n) is 4.61. The second-order valence-corrected chi connectivity index (χ2v) is 5.47. The number of unbranched alkanes of at least 4 members (excludes halogenated alkanes) is 1. The predicted molar refractivity (Wildman–Crippen MR) is 82.0 cm³/mol. The first-order valence-electron chi connectivity index (χ1n) is 6.50. The minimum Gasteiger partial charge on any atom is -0.480 e. The third-order valence-electron chi connectivity index (χ3n) is 2.82. The number of hydrogen-bond acceptors (Lipinski definition) is 2. The van der Waals surface area contributed by atoms with Crippen molar-refractivity contribution in [1.82, 2.24) is 5.32 Å². The van der Waals surface area contributed by atoms with E-state index in [0.29, 0.717) is 12.1 Å². The molecule has 0 fully saturated rings. The number of rotatable bonds is 6. The molecule has 20 heavy (non-hydrogen) atoms. The van der Waals surface area contributed by atoms with E-state index in [-0.39, 0.29) is 0 Å². The molecule has 0 spiro atoms. The van der Waals surface area contributed by atoms with Crippen molar-refractivity contribution in [2.75, 3.05) is 5.32 Å². The molecular weight excluding hydrogens is 324 g/mol. The van der Waals surface area contributed by atoms with Crippen LogP contribution in [0.4, 0.5) is 10.5 Å². The number of aryl methyl sites for hydroxylation is 1. The number of anilines is 1. The quantitative estimate of drug-likeness (QED) is 0.739. The number of carboxylic acids is 1. The highest BCUT2D eigenvalue weighted by Crippen LogP contribution is 2.23. The Morgan fingerprint density at radius 1 is 1.40 bits per heavy atom. The number of aliphatic carboxylic acids is 1. The van der Waals surface area contributed by atoms with Crippen molar-refractivity contribution in [3.05, 3.63) is 28.2 Å². The van der Waals surface area contributed by atoms with Crippen LogP contribution in [0.3, 0.4) is 0 Å². The van der Waals surface area contributed by atoms with Crippen LogP contribution in [0.2, 0.25) is 0 Å². The third-order valence-corrected chi connectivity index (χ3v) is 3.51. The van der Waals surface area contributed by atoms with E-state index in [1.807, 2.05) is 32.0 Å². The van der Waals surface area contributed by atoms with Gasteiger partial charge in [0.15, 0.2) is 0 Å². The fourth-order valence-electron chi connectivity index (χ4n) is 1.72. The normalized spacial score (nSPS) is 11.8. The Hall–Kier alpha value is -1.56. The fraction of sp³-hybridized carbons (Fsp3) is 0.429. The number of nitrogens with one attached hydrogen (secondary N) is 2. The Labute approximate surface area is 126 Å². The Morgan fingerprint density at radius 2 is 2.10 bits per heavy atom. The maximum absolute atomic E-state index is 11.8. The van der Waals surface area contributed by atoms with Crippen molar-refractivity contribution in [2.45, 2.75) is 39.2 Å². The van der Waals surface area contributed by atoms with E-state index in [1.54, 1.807) is 0 Å². The van der Waals surface area contributed by atoms with Crippen LogP contribution >= 0.6 is 15.9 Å². The van der Waals surface area contributed by atoms with Gasteiger partial charge in [-0.2, -0.15) is 0 Å². The molecule has 0 bridgehead atoms. The number of benzene rings is 1. The lowest BCUT2D eigenvalue weighted by molar-refractivity contribution is -0.139. The smallest absolute Gasteiger partial charge is 0.326 e. The fourth-order valence-corrected chi connectivity index (χ4v) is 2.06. The maximum atomic E-state index is 11.8. The summed E-state index contributed by atoms with van der Waals surface area (Å²) in [6.07, 6.45) is 2.07. The monoisotopic (exact) mass is 342 g/mol. The van der Waals surface area contributed by atoms with Crippen LogP contribution in [0.25, 0.3) is 0 Å². The summed E-state index contributed by atoms with van der Waals surface area (Å²) in [5, 5.41) is 14.2. The number of carbonyl (C=O) groups excluding carboxylic acids is 1. The Bertz CT molecular complexity index is 491. The average Bonchev–Trinajstić information content (AvgIpc) is 2.38. The van der Waals surface area contributed by atoms with Gasteiger partial charge in [-0.15, -0.1) is 0 Å². The Balaban J connectivity index is 2.65. The highest BCUT2D eigenvalue weighted by molar-refractivity contribution is 9.10. The highest BCUT2D eigenvalue weighted by atomic mass is 79.9. The molecule has 110 valence electrons. The van der Waals surface area contributed by atoms with E-state index < -0.39 is 18.0 Å². The van der Waals surface area contributed by atoms with E-state index >= 15 is 0 Å². The molecule has 3 N–H and O–H groups in total. The number of hydrogen-bond donors (Lipinski definition) is 3. The molecule has 1 rings (SSSR count). The summed E-state index contributed by atoms with van der Waals surface area (Å²) in [5.41, 5.74) is 1.62. The molecule has 0 aromatic heterocycles. The lowest BCUT2D eigenvalue weighted by Crippen LogP contribution is -2.43. The summed E-state index contributed by atoms with van der Waals surface area (Å²) >= 11 is 3.34. The summed E-state index contributed by atoms with van der Waals surface area (Å²) in [6, 6.07) is 4.18. The van der Waals surface area contributed by atoms with Gasteiger partial charge in [-0.3, -0.25) is 0 Å². The molecule has 2 amide bonds. The molecule has 1 atom stereocenters. The van der Waals surface area contributed by atoms with Gasteiger partial charge in [-0.05, 0) is 47.0 Å². The van der Waals surface area contributed by atoms with Gasteiger partial charge < -0.3 is 15.7 Å². The highest BCUT2D eigenvalue weighted by Gasteiger charge is 2.19. The van der Waals surface area contributed by atoms with Crippen LogP contribution in [0, 0.1) is 6.92 Å². The topological polar surface area (TPSA) is 78.4 Å². The van der Waals surface area contributed by atoms with Gasteiger partial charge in [0.2, 0.25) is 0 Å². The van der Waals surface area contributed by atoms with Gasteiger partial charge in [0.1, 0.15) is 6.04 Å². The van der Waals surface area contributed by atoms with Gasteiger partial charge in [0, 0.05) is 4.47 Å². The van der Waals surface area contributed by atoms with E-state index in [2.05, 4.69) is 26.6 Å². The van der Waals surface area contributed by atoms with E-state index in [9.17, 15) is 9.59 Å². The molecule has 0 saturated heterocycles. The van der Waals surface area contributed by atoms with Gasteiger partial charge in [-0.1, -0.05) is 25.8 Å². The largest absolute Gasteiger partial charge is 0.480 e.